The summed E-state index contributed by atoms with van der Waals surface area (Å²) < 4.78 is 10.5. The van der Waals surface area contributed by atoms with E-state index in [1.54, 1.807) is 26.0 Å². The molecule has 0 radical (unpaired) electrons. The quantitative estimate of drug-likeness (QED) is 0.521. The molecule has 0 unspecified atom stereocenters. The van der Waals surface area contributed by atoms with Crippen LogP contribution < -0.4 is 20.6 Å². The first kappa shape index (κ1) is 20.0. The van der Waals surface area contributed by atoms with Gasteiger partial charge in [-0.15, -0.1) is 0 Å². The fraction of sp³-hybridized carbons (Fsp3) is 0.333. The Morgan fingerprint density at radius 1 is 1.07 bits per heavy atom. The molecule has 0 bridgehead atoms. The summed E-state index contributed by atoms with van der Waals surface area (Å²) >= 11 is 0. The number of carbonyl (C=O) groups is 3. The Bertz CT molecular complexity index is 959. The highest BCUT2D eigenvalue weighted by molar-refractivity contribution is 5.89. The van der Waals surface area contributed by atoms with Crippen molar-refractivity contribution in [3.05, 3.63) is 39.2 Å². The number of carbonyl (C=O) groups excluding carboxylic acids is 3. The lowest BCUT2D eigenvalue weighted by atomic mass is 10.0. The molecule has 9 nitrogen and oxygen atoms in total. The molecular weight excluding hydrogens is 358 g/mol. The van der Waals surface area contributed by atoms with Crippen LogP contribution in [0.5, 0.6) is 5.75 Å². The molecule has 27 heavy (non-hydrogen) atoms. The number of carboxylic acid groups (broad SMARTS) is 2. The molecule has 9 heteroatoms. The number of nitrogens with zero attached hydrogens (tertiary/aromatic N) is 1. The molecule has 0 aliphatic heterocycles. The van der Waals surface area contributed by atoms with Crippen molar-refractivity contribution in [2.45, 2.75) is 20.3 Å². The van der Waals surface area contributed by atoms with Crippen molar-refractivity contribution in [2.75, 3.05) is 20.2 Å². The summed E-state index contributed by atoms with van der Waals surface area (Å²) in [4.78, 5) is 46.7. The average molecular weight is 375 g/mol. The van der Waals surface area contributed by atoms with Gasteiger partial charge in [0.2, 0.25) is 5.91 Å². The summed E-state index contributed by atoms with van der Waals surface area (Å²) in [6.07, 6.45) is -0.518. The maximum atomic E-state index is 12.4. The van der Waals surface area contributed by atoms with E-state index in [1.807, 2.05) is 0 Å². The predicted molar refractivity (Wildman–Crippen MR) is 88.8 cm³/mol. The van der Waals surface area contributed by atoms with Crippen molar-refractivity contribution in [3.8, 4) is 5.75 Å². The van der Waals surface area contributed by atoms with E-state index in [0.717, 1.165) is 0 Å². The van der Waals surface area contributed by atoms with E-state index in [-0.39, 0.29) is 5.56 Å². The number of aryl methyl sites for hydroxylation is 2. The molecule has 1 aromatic heterocycles. The van der Waals surface area contributed by atoms with E-state index in [9.17, 15) is 29.4 Å². The minimum atomic E-state index is -1.63. The Hall–Kier alpha value is -3.36. The molecule has 0 saturated carbocycles. The van der Waals surface area contributed by atoms with E-state index >= 15 is 0 Å². The maximum Gasteiger partial charge on any atom is 0.340 e. The fourth-order valence-electron chi connectivity index (χ4n) is 2.80. The summed E-state index contributed by atoms with van der Waals surface area (Å²) in [5.41, 5.74) is 0.644. The van der Waals surface area contributed by atoms with Gasteiger partial charge in [-0.2, -0.15) is 0 Å². The lowest BCUT2D eigenvalue weighted by Crippen LogP contribution is -2.47. The lowest BCUT2D eigenvalue weighted by molar-refractivity contribution is -0.309. The SMILES string of the molecule is COc1ccc2c(C)c(CC(=O)N(CC(=O)[O-])CC(=O)[O-])c(=O)oc2c1C. The molecule has 1 amide bonds. The largest absolute Gasteiger partial charge is 0.548 e. The van der Waals surface area contributed by atoms with Crippen molar-refractivity contribution >= 4 is 28.8 Å². The van der Waals surface area contributed by atoms with Crippen molar-refractivity contribution < 1.29 is 33.8 Å². The van der Waals surface area contributed by atoms with Crippen LogP contribution in [-0.2, 0) is 20.8 Å². The van der Waals surface area contributed by atoms with Crippen molar-refractivity contribution in [2.24, 2.45) is 0 Å². The van der Waals surface area contributed by atoms with Crippen LogP contribution >= 0.6 is 0 Å². The van der Waals surface area contributed by atoms with Crippen molar-refractivity contribution in [1.29, 1.82) is 0 Å². The maximum absolute atomic E-state index is 12.4. The first-order chi connectivity index (χ1) is 12.6. The summed E-state index contributed by atoms with van der Waals surface area (Å²) in [5, 5.41) is 22.1. The van der Waals surface area contributed by atoms with Crippen LogP contribution in [0, 0.1) is 13.8 Å². The fourth-order valence-corrected chi connectivity index (χ4v) is 2.80. The summed E-state index contributed by atoms with van der Waals surface area (Å²) in [6, 6.07) is 3.36. The van der Waals surface area contributed by atoms with Crippen LogP contribution in [0.3, 0.4) is 0 Å². The second-order valence-corrected chi connectivity index (χ2v) is 5.93. The molecule has 0 atom stereocenters. The predicted octanol–water partition coefficient (Wildman–Crippen LogP) is -1.71. The molecule has 0 N–H and O–H groups in total. The third-order valence-corrected chi connectivity index (χ3v) is 4.19. The van der Waals surface area contributed by atoms with Crippen LogP contribution in [0.2, 0.25) is 0 Å². The molecule has 144 valence electrons. The minimum absolute atomic E-state index is 0.0127. The van der Waals surface area contributed by atoms with Crippen LogP contribution in [0.4, 0.5) is 0 Å². The van der Waals surface area contributed by atoms with E-state index in [1.165, 1.54) is 7.11 Å². The molecule has 0 aliphatic carbocycles. The molecule has 2 rings (SSSR count). The lowest BCUT2D eigenvalue weighted by Gasteiger charge is -2.23. The zero-order chi connectivity index (χ0) is 20.3. The van der Waals surface area contributed by atoms with E-state index in [2.05, 4.69) is 0 Å². The van der Waals surface area contributed by atoms with Crippen molar-refractivity contribution in [1.82, 2.24) is 4.90 Å². The van der Waals surface area contributed by atoms with E-state index in [4.69, 9.17) is 9.15 Å². The number of rotatable bonds is 7. The van der Waals surface area contributed by atoms with Gasteiger partial charge in [-0.1, -0.05) is 0 Å². The Morgan fingerprint density at radius 2 is 1.67 bits per heavy atom. The van der Waals surface area contributed by atoms with Gasteiger partial charge in [0.25, 0.3) is 0 Å². The molecule has 0 fully saturated rings. The second-order valence-electron chi connectivity index (χ2n) is 5.93. The normalized spacial score (nSPS) is 10.6. The molecule has 0 saturated heterocycles. The van der Waals surface area contributed by atoms with Gasteiger partial charge < -0.3 is 33.9 Å². The Kier molecular flexibility index (Phi) is 5.84. The second kappa shape index (κ2) is 7.90. The monoisotopic (exact) mass is 375 g/mol. The van der Waals surface area contributed by atoms with Gasteiger partial charge in [-0.3, -0.25) is 4.79 Å². The van der Waals surface area contributed by atoms with Crippen LogP contribution in [0.25, 0.3) is 11.0 Å². The highest BCUT2D eigenvalue weighted by atomic mass is 16.5. The Labute approximate surface area is 153 Å². The Balaban J connectivity index is 2.46. The zero-order valence-electron chi connectivity index (χ0n) is 15.0. The molecule has 0 aliphatic rings. The number of methoxy groups -OCH3 is 1. The summed E-state index contributed by atoms with van der Waals surface area (Å²) in [5.74, 6) is -3.60. The molecule has 1 heterocycles. The number of fused-ring (bicyclic) bond motifs is 1. The highest BCUT2D eigenvalue weighted by Crippen LogP contribution is 2.29. The minimum Gasteiger partial charge on any atom is -0.548 e. The number of carboxylic acids is 2. The summed E-state index contributed by atoms with van der Waals surface area (Å²) in [7, 11) is 1.48. The molecule has 0 spiro atoms. The highest BCUT2D eigenvalue weighted by Gasteiger charge is 2.21. The summed E-state index contributed by atoms with van der Waals surface area (Å²) in [6.45, 7) is 1.48. The number of benzene rings is 1. The number of hydrogen-bond acceptors (Lipinski definition) is 8. The van der Waals surface area contributed by atoms with Gasteiger partial charge in [-0.25, -0.2) is 4.79 Å². The standard InChI is InChI=1S/C18H19NO8/c1-9-11-4-5-13(26-3)10(2)17(11)27-18(25)12(9)6-14(20)19(7-15(21)22)8-16(23)24/h4-5H,6-8H2,1-3H3,(H,21,22)(H,23,24)/p-2. The van der Waals surface area contributed by atoms with Crippen LogP contribution in [-0.4, -0.2) is 42.9 Å². The van der Waals surface area contributed by atoms with Gasteiger partial charge in [-0.05, 0) is 31.5 Å². The number of hydrogen-bond donors (Lipinski definition) is 0. The van der Waals surface area contributed by atoms with Crippen molar-refractivity contribution in [3.63, 3.8) is 0 Å². The smallest absolute Gasteiger partial charge is 0.340 e. The third-order valence-electron chi connectivity index (χ3n) is 4.19. The van der Waals surface area contributed by atoms with Gasteiger partial charge >= 0.3 is 5.63 Å². The van der Waals surface area contributed by atoms with E-state index < -0.39 is 43.0 Å². The third kappa shape index (κ3) is 4.25. The topological polar surface area (TPSA) is 140 Å². The first-order valence-electron chi connectivity index (χ1n) is 7.93. The van der Waals surface area contributed by atoms with E-state index in [0.29, 0.717) is 32.7 Å². The van der Waals surface area contributed by atoms with Crippen LogP contribution in [0.1, 0.15) is 16.7 Å². The van der Waals surface area contributed by atoms with Gasteiger partial charge in [0.1, 0.15) is 11.3 Å². The van der Waals surface area contributed by atoms with Gasteiger partial charge in [0.05, 0.1) is 44.1 Å². The van der Waals surface area contributed by atoms with Gasteiger partial charge in [0.15, 0.2) is 0 Å². The number of amides is 1. The van der Waals surface area contributed by atoms with Gasteiger partial charge in [0, 0.05) is 10.9 Å². The average Bonchev–Trinajstić information content (AvgIpc) is 2.58. The number of aliphatic carboxylic acids is 2. The van der Waals surface area contributed by atoms with Crippen LogP contribution in [0.15, 0.2) is 21.3 Å². The molecule has 1 aromatic carbocycles. The first-order valence-corrected chi connectivity index (χ1v) is 7.93. The molecule has 2 aromatic rings. The zero-order valence-corrected chi connectivity index (χ0v) is 15.0. The Morgan fingerprint density at radius 3 is 2.19 bits per heavy atom. The molecular formula is C18H17NO8-2. The number of ether oxygens (including phenoxy) is 1.